The van der Waals surface area contributed by atoms with E-state index < -0.39 is 0 Å². The molecule has 0 spiro atoms. The molecule has 1 saturated heterocycles. The average molecular weight is 427 g/mol. The molecular weight excluding hydrogens is 380 g/mol. The molecule has 4 aliphatic rings. The lowest BCUT2D eigenvalue weighted by atomic mass is 9.48. The summed E-state index contributed by atoms with van der Waals surface area (Å²) >= 11 is 0. The first kappa shape index (κ1) is 23.1. The molecule has 0 amide bonds. The number of hydrogen-bond donors (Lipinski definition) is 0. The van der Waals surface area contributed by atoms with Gasteiger partial charge >= 0.3 is 5.97 Å². The van der Waals surface area contributed by atoms with Gasteiger partial charge < -0.3 is 4.74 Å². The van der Waals surface area contributed by atoms with Crippen molar-refractivity contribution >= 4 is 5.97 Å². The number of carbonyl (C=O) groups excluding carboxylic acids is 1. The summed E-state index contributed by atoms with van der Waals surface area (Å²) in [7, 11) is 0. The summed E-state index contributed by atoms with van der Waals surface area (Å²) in [5.41, 5.74) is 3.90. The van der Waals surface area contributed by atoms with Crippen molar-refractivity contribution in [2.75, 3.05) is 0 Å². The Hall–Kier alpha value is -1.05. The van der Waals surface area contributed by atoms with E-state index in [1.165, 1.54) is 38.5 Å². The van der Waals surface area contributed by atoms with Crippen molar-refractivity contribution in [3.05, 3.63) is 23.3 Å². The highest BCUT2D eigenvalue weighted by atomic mass is 16.5. The highest BCUT2D eigenvalue weighted by Gasteiger charge is 2.61. The second-order valence-corrected chi connectivity index (χ2v) is 12.6. The fourth-order valence-corrected chi connectivity index (χ4v) is 8.28. The van der Waals surface area contributed by atoms with Crippen LogP contribution < -0.4 is 0 Å². The van der Waals surface area contributed by atoms with Crippen LogP contribution in [-0.4, -0.2) is 12.1 Å². The Morgan fingerprint density at radius 3 is 2.52 bits per heavy atom. The minimum Gasteiger partial charge on any atom is -0.462 e. The lowest BCUT2D eigenvalue weighted by Gasteiger charge is -2.56. The SMILES string of the molecule is CC(C)CCC[C@H](C)[C@@H]1CC[C@@]2(C)C3=CC[C@@H]4[C@H](C)OC(=O)CC[C@]4(C)C3=CC[C@]12C. The third-order valence-corrected chi connectivity index (χ3v) is 10.5. The molecule has 1 heterocycles. The zero-order chi connectivity index (χ0) is 22.6. The third kappa shape index (κ3) is 3.55. The number of esters is 1. The lowest BCUT2D eigenvalue weighted by Crippen LogP contribution is -2.48. The van der Waals surface area contributed by atoms with E-state index in [1.54, 1.807) is 11.1 Å². The zero-order valence-electron chi connectivity index (χ0n) is 21.2. The van der Waals surface area contributed by atoms with E-state index in [9.17, 15) is 4.79 Å². The lowest BCUT2D eigenvalue weighted by molar-refractivity contribution is -0.149. The van der Waals surface area contributed by atoms with Gasteiger partial charge in [0, 0.05) is 12.3 Å². The summed E-state index contributed by atoms with van der Waals surface area (Å²) in [5, 5.41) is 0. The van der Waals surface area contributed by atoms with E-state index in [0.29, 0.717) is 17.8 Å². The van der Waals surface area contributed by atoms with E-state index in [1.807, 2.05) is 0 Å². The van der Waals surface area contributed by atoms with Gasteiger partial charge in [0.15, 0.2) is 0 Å². The number of hydrogen-bond acceptors (Lipinski definition) is 2. The van der Waals surface area contributed by atoms with Gasteiger partial charge in [-0.05, 0) is 84.2 Å². The van der Waals surface area contributed by atoms with Crippen molar-refractivity contribution in [2.24, 2.45) is 39.9 Å². The Bertz CT molecular complexity index is 776. The Balaban J connectivity index is 1.63. The summed E-state index contributed by atoms with van der Waals surface area (Å²) in [6, 6.07) is 0. The van der Waals surface area contributed by atoms with Crippen LogP contribution in [0.4, 0.5) is 0 Å². The second-order valence-electron chi connectivity index (χ2n) is 12.6. The molecule has 31 heavy (non-hydrogen) atoms. The standard InChI is InChI=1S/C29H46O2/c1-19(2)9-8-10-20(3)22-13-17-29(7)25-12-11-23-21(4)31-26(30)15-16-27(23,5)24(25)14-18-28(22,29)6/h12,14,19-23H,8-11,13,15-18H2,1-7H3/t20-,21-,22-,23+,27-,28+,29-/m0/s1. The number of fused-ring (bicyclic) bond motifs is 5. The average Bonchev–Trinajstić information content (AvgIpc) is 2.91. The molecule has 7 atom stereocenters. The Labute approximate surface area is 191 Å². The Morgan fingerprint density at radius 1 is 1.06 bits per heavy atom. The molecule has 3 aliphatic carbocycles. The predicted octanol–water partition coefficient (Wildman–Crippen LogP) is 7.88. The maximum atomic E-state index is 12.2. The molecular formula is C29H46O2. The fourth-order valence-electron chi connectivity index (χ4n) is 8.28. The maximum Gasteiger partial charge on any atom is 0.306 e. The number of carbonyl (C=O) groups is 1. The van der Waals surface area contributed by atoms with Crippen LogP contribution in [-0.2, 0) is 9.53 Å². The number of cyclic esters (lactones) is 1. The number of rotatable bonds is 5. The smallest absolute Gasteiger partial charge is 0.306 e. The van der Waals surface area contributed by atoms with Crippen molar-refractivity contribution < 1.29 is 9.53 Å². The largest absolute Gasteiger partial charge is 0.462 e. The van der Waals surface area contributed by atoms with Gasteiger partial charge in [-0.1, -0.05) is 73.0 Å². The molecule has 0 aromatic heterocycles. The van der Waals surface area contributed by atoms with Crippen LogP contribution in [0.1, 0.15) is 106 Å². The van der Waals surface area contributed by atoms with Gasteiger partial charge in [-0.3, -0.25) is 4.79 Å². The molecule has 2 heteroatoms. The van der Waals surface area contributed by atoms with Crippen LogP contribution in [0.5, 0.6) is 0 Å². The van der Waals surface area contributed by atoms with Gasteiger partial charge in [0.1, 0.15) is 6.10 Å². The Kier molecular flexibility index (Phi) is 6.02. The van der Waals surface area contributed by atoms with Gasteiger partial charge in [0.25, 0.3) is 0 Å². The first-order valence-electron chi connectivity index (χ1n) is 13.1. The van der Waals surface area contributed by atoms with Crippen LogP contribution in [0, 0.1) is 39.9 Å². The molecule has 0 unspecified atom stereocenters. The molecule has 0 bridgehead atoms. The monoisotopic (exact) mass is 426 g/mol. The van der Waals surface area contributed by atoms with E-state index in [-0.39, 0.29) is 22.9 Å². The number of allylic oxidation sites excluding steroid dienone is 4. The van der Waals surface area contributed by atoms with Gasteiger partial charge in [0.2, 0.25) is 0 Å². The molecule has 4 rings (SSSR count). The topological polar surface area (TPSA) is 26.3 Å². The molecule has 0 radical (unpaired) electrons. The van der Waals surface area contributed by atoms with Crippen molar-refractivity contribution in [3.8, 4) is 0 Å². The summed E-state index contributed by atoms with van der Waals surface area (Å²) < 4.78 is 5.76. The van der Waals surface area contributed by atoms with Gasteiger partial charge in [-0.25, -0.2) is 0 Å². The van der Waals surface area contributed by atoms with Crippen LogP contribution in [0.25, 0.3) is 0 Å². The predicted molar refractivity (Wildman–Crippen MR) is 129 cm³/mol. The van der Waals surface area contributed by atoms with E-state index in [4.69, 9.17) is 4.74 Å². The normalized spacial score (nSPS) is 43.2. The minimum absolute atomic E-state index is 0.00622. The van der Waals surface area contributed by atoms with Crippen molar-refractivity contribution in [1.82, 2.24) is 0 Å². The number of ether oxygens (including phenoxy) is 1. The first-order chi connectivity index (χ1) is 14.5. The zero-order valence-corrected chi connectivity index (χ0v) is 21.2. The molecule has 1 saturated carbocycles. The summed E-state index contributed by atoms with van der Waals surface area (Å²) in [6.45, 7) is 17.0. The molecule has 2 nitrogen and oxygen atoms in total. The molecule has 0 aromatic rings. The highest BCUT2D eigenvalue weighted by molar-refractivity contribution is 5.70. The Morgan fingerprint density at radius 2 is 1.81 bits per heavy atom. The van der Waals surface area contributed by atoms with Crippen LogP contribution in [0.3, 0.4) is 0 Å². The van der Waals surface area contributed by atoms with Gasteiger partial charge in [-0.2, -0.15) is 0 Å². The van der Waals surface area contributed by atoms with Gasteiger partial charge in [-0.15, -0.1) is 0 Å². The fraction of sp³-hybridized carbons (Fsp3) is 0.828. The summed E-state index contributed by atoms with van der Waals surface area (Å²) in [5.74, 6) is 2.84. The molecule has 2 fully saturated rings. The minimum atomic E-state index is -0.00622. The van der Waals surface area contributed by atoms with E-state index >= 15 is 0 Å². The maximum absolute atomic E-state index is 12.2. The van der Waals surface area contributed by atoms with E-state index in [0.717, 1.165) is 30.6 Å². The molecule has 0 N–H and O–H groups in total. The second kappa shape index (κ2) is 8.07. The molecule has 0 aromatic carbocycles. The van der Waals surface area contributed by atoms with E-state index in [2.05, 4.69) is 60.6 Å². The first-order valence-corrected chi connectivity index (χ1v) is 13.1. The highest BCUT2D eigenvalue weighted by Crippen LogP contribution is 2.70. The molecule has 1 aliphatic heterocycles. The third-order valence-electron chi connectivity index (χ3n) is 10.5. The van der Waals surface area contributed by atoms with Crippen molar-refractivity contribution in [2.45, 2.75) is 112 Å². The summed E-state index contributed by atoms with van der Waals surface area (Å²) in [6.07, 6.45) is 15.7. The quantitative estimate of drug-likeness (QED) is 0.418. The van der Waals surface area contributed by atoms with Gasteiger partial charge in [0.05, 0.1) is 0 Å². The van der Waals surface area contributed by atoms with Crippen molar-refractivity contribution in [1.29, 1.82) is 0 Å². The van der Waals surface area contributed by atoms with Crippen LogP contribution in [0.15, 0.2) is 23.3 Å². The van der Waals surface area contributed by atoms with Crippen molar-refractivity contribution in [3.63, 3.8) is 0 Å². The summed E-state index contributed by atoms with van der Waals surface area (Å²) in [4.78, 5) is 12.2. The van der Waals surface area contributed by atoms with Crippen LogP contribution >= 0.6 is 0 Å². The molecule has 174 valence electrons. The van der Waals surface area contributed by atoms with Crippen LogP contribution in [0.2, 0.25) is 0 Å².